The van der Waals surface area contributed by atoms with Crippen LogP contribution in [-0.2, 0) is 10.0 Å². The highest BCUT2D eigenvalue weighted by atomic mass is 79.9. The van der Waals surface area contributed by atoms with Crippen LogP contribution >= 0.6 is 15.9 Å². The van der Waals surface area contributed by atoms with Crippen LogP contribution in [0.1, 0.15) is 0 Å². The van der Waals surface area contributed by atoms with Crippen LogP contribution in [0.5, 0.6) is 0 Å². The molecule has 0 aliphatic carbocycles. The van der Waals surface area contributed by atoms with Gasteiger partial charge in [-0.3, -0.25) is 0 Å². The Morgan fingerprint density at radius 2 is 1.71 bits per heavy atom. The van der Waals surface area contributed by atoms with Crippen LogP contribution in [-0.4, -0.2) is 37.0 Å². The maximum atomic E-state index is 12.2. The largest absolute Gasteiger partial charge is 0.416 e. The van der Waals surface area contributed by atoms with E-state index in [2.05, 4.69) is 26.1 Å². The van der Waals surface area contributed by atoms with Crippen molar-refractivity contribution in [1.29, 1.82) is 0 Å². The fourth-order valence-corrected chi connectivity index (χ4v) is 3.49. The van der Waals surface area contributed by atoms with Crippen LogP contribution in [0.4, 0.5) is 0 Å². The molecule has 24 heavy (non-hydrogen) atoms. The summed E-state index contributed by atoms with van der Waals surface area (Å²) in [6.45, 7) is 0. The van der Waals surface area contributed by atoms with Crippen LogP contribution < -0.4 is 0 Å². The fourth-order valence-electron chi connectivity index (χ4n) is 2.08. The average Bonchev–Trinajstić information content (AvgIpc) is 3.05. The minimum atomic E-state index is -3.52. The van der Waals surface area contributed by atoms with Gasteiger partial charge in [-0.05, 0) is 46.3 Å². The van der Waals surface area contributed by atoms with Crippen LogP contribution in [0.15, 0.2) is 62.3 Å². The zero-order chi connectivity index (χ0) is 17.3. The Kier molecular flexibility index (Phi) is 4.53. The molecule has 0 N–H and O–H groups in total. The third kappa shape index (κ3) is 3.12. The highest BCUT2D eigenvalue weighted by molar-refractivity contribution is 9.10. The van der Waals surface area contributed by atoms with E-state index in [4.69, 9.17) is 4.42 Å². The predicted molar refractivity (Wildman–Crippen MR) is 93.7 cm³/mol. The maximum Gasteiger partial charge on any atom is 0.249 e. The normalized spacial score (nSPS) is 11.8. The summed E-state index contributed by atoms with van der Waals surface area (Å²) in [5, 5.41) is 8.07. The zero-order valence-corrected chi connectivity index (χ0v) is 15.4. The van der Waals surface area contributed by atoms with E-state index in [1.54, 1.807) is 12.1 Å². The molecule has 0 atom stereocenters. The average molecular weight is 408 g/mol. The summed E-state index contributed by atoms with van der Waals surface area (Å²) in [6.07, 6.45) is 0. The van der Waals surface area contributed by atoms with Gasteiger partial charge in [0.25, 0.3) is 0 Å². The highest BCUT2D eigenvalue weighted by Crippen LogP contribution is 2.30. The number of sulfonamides is 1. The van der Waals surface area contributed by atoms with Crippen molar-refractivity contribution >= 4 is 26.0 Å². The summed E-state index contributed by atoms with van der Waals surface area (Å²) in [4.78, 5) is 0.172. The molecule has 0 fully saturated rings. The van der Waals surface area contributed by atoms with Gasteiger partial charge < -0.3 is 4.42 Å². The van der Waals surface area contributed by atoms with Gasteiger partial charge in [-0.1, -0.05) is 18.2 Å². The second-order valence-corrected chi connectivity index (χ2v) is 8.21. The molecule has 0 bridgehead atoms. The van der Waals surface area contributed by atoms with Crippen LogP contribution in [0.2, 0.25) is 0 Å². The number of aromatic nitrogens is 2. The van der Waals surface area contributed by atoms with Crippen molar-refractivity contribution in [3.05, 3.63) is 53.0 Å². The molecule has 0 aliphatic rings. The SMILES string of the molecule is CN(C)S(=O)(=O)c1cccc(-c2nnc(-c3ccccc3Br)o2)c1. The lowest BCUT2D eigenvalue weighted by atomic mass is 10.2. The number of halogens is 1. The number of benzene rings is 2. The van der Waals surface area contributed by atoms with Gasteiger partial charge in [0, 0.05) is 24.1 Å². The molecule has 0 saturated heterocycles. The molecule has 0 radical (unpaired) electrons. The lowest BCUT2D eigenvalue weighted by Gasteiger charge is -2.11. The molecule has 0 unspecified atom stereocenters. The lowest BCUT2D eigenvalue weighted by molar-refractivity contribution is 0.520. The van der Waals surface area contributed by atoms with Crippen molar-refractivity contribution < 1.29 is 12.8 Å². The van der Waals surface area contributed by atoms with E-state index in [0.29, 0.717) is 11.5 Å². The number of rotatable bonds is 4. The molecule has 124 valence electrons. The first-order chi connectivity index (χ1) is 11.4. The van der Waals surface area contributed by atoms with Crippen molar-refractivity contribution in [1.82, 2.24) is 14.5 Å². The van der Waals surface area contributed by atoms with E-state index in [9.17, 15) is 8.42 Å². The molecule has 2 aromatic carbocycles. The molecule has 0 saturated carbocycles. The van der Waals surface area contributed by atoms with Gasteiger partial charge in [-0.2, -0.15) is 0 Å². The second kappa shape index (κ2) is 6.46. The van der Waals surface area contributed by atoms with Gasteiger partial charge in [0.05, 0.1) is 10.5 Å². The predicted octanol–water partition coefficient (Wildman–Crippen LogP) is 3.42. The summed E-state index contributed by atoms with van der Waals surface area (Å²) in [5.41, 5.74) is 1.32. The summed E-state index contributed by atoms with van der Waals surface area (Å²) >= 11 is 3.44. The summed E-state index contributed by atoms with van der Waals surface area (Å²) in [7, 11) is -0.552. The molecule has 6 nitrogen and oxygen atoms in total. The van der Waals surface area contributed by atoms with E-state index in [0.717, 1.165) is 14.3 Å². The summed E-state index contributed by atoms with van der Waals surface area (Å²) in [6, 6.07) is 13.9. The third-order valence-electron chi connectivity index (χ3n) is 3.39. The molecule has 0 amide bonds. The molecular weight excluding hydrogens is 394 g/mol. The first-order valence-corrected chi connectivity index (χ1v) is 9.24. The number of hydrogen-bond donors (Lipinski definition) is 0. The van der Waals surface area contributed by atoms with E-state index in [1.165, 1.54) is 26.2 Å². The Morgan fingerprint density at radius 1 is 1.00 bits per heavy atom. The van der Waals surface area contributed by atoms with Crippen molar-refractivity contribution in [3.8, 4) is 22.9 Å². The molecule has 0 spiro atoms. The molecular formula is C16H14BrN3O3S. The Labute approximate surface area is 148 Å². The van der Waals surface area contributed by atoms with Crippen LogP contribution in [0.25, 0.3) is 22.9 Å². The van der Waals surface area contributed by atoms with Gasteiger partial charge in [0.2, 0.25) is 21.8 Å². The van der Waals surface area contributed by atoms with Crippen molar-refractivity contribution in [2.24, 2.45) is 0 Å². The Balaban J connectivity index is 2.02. The summed E-state index contributed by atoms with van der Waals surface area (Å²) in [5.74, 6) is 0.620. The van der Waals surface area contributed by atoms with E-state index in [-0.39, 0.29) is 10.8 Å². The Morgan fingerprint density at radius 3 is 2.42 bits per heavy atom. The van der Waals surface area contributed by atoms with Crippen molar-refractivity contribution in [3.63, 3.8) is 0 Å². The Bertz CT molecular complexity index is 983. The van der Waals surface area contributed by atoms with E-state index < -0.39 is 10.0 Å². The first-order valence-electron chi connectivity index (χ1n) is 7.01. The molecule has 3 aromatic rings. The molecule has 8 heteroatoms. The van der Waals surface area contributed by atoms with Crippen LogP contribution in [0.3, 0.4) is 0 Å². The molecule has 3 rings (SSSR count). The third-order valence-corrected chi connectivity index (χ3v) is 5.89. The topological polar surface area (TPSA) is 76.3 Å². The minimum Gasteiger partial charge on any atom is -0.416 e. The number of hydrogen-bond acceptors (Lipinski definition) is 5. The van der Waals surface area contributed by atoms with E-state index >= 15 is 0 Å². The molecule has 1 aromatic heterocycles. The minimum absolute atomic E-state index is 0.172. The monoisotopic (exact) mass is 407 g/mol. The quantitative estimate of drug-likeness (QED) is 0.661. The second-order valence-electron chi connectivity index (χ2n) is 5.21. The summed E-state index contributed by atoms with van der Waals surface area (Å²) < 4.78 is 32.2. The Hall–Kier alpha value is -2.03. The highest BCUT2D eigenvalue weighted by Gasteiger charge is 2.19. The lowest BCUT2D eigenvalue weighted by Crippen LogP contribution is -2.22. The standard InChI is InChI=1S/C16H14BrN3O3S/c1-20(2)24(21,22)12-7-5-6-11(10-12)15-18-19-16(23-15)13-8-3-4-9-14(13)17/h3-10H,1-2H3. The van der Waals surface area contributed by atoms with Crippen molar-refractivity contribution in [2.75, 3.05) is 14.1 Å². The zero-order valence-electron chi connectivity index (χ0n) is 13.0. The maximum absolute atomic E-state index is 12.2. The molecule has 1 heterocycles. The van der Waals surface area contributed by atoms with Crippen LogP contribution in [0, 0.1) is 0 Å². The fraction of sp³-hybridized carbons (Fsp3) is 0.125. The smallest absolute Gasteiger partial charge is 0.249 e. The van der Waals surface area contributed by atoms with Gasteiger partial charge in [0.1, 0.15) is 0 Å². The number of nitrogens with zero attached hydrogens (tertiary/aromatic N) is 3. The first kappa shape index (κ1) is 16.8. The van der Waals surface area contributed by atoms with E-state index in [1.807, 2.05) is 24.3 Å². The van der Waals surface area contributed by atoms with Crippen molar-refractivity contribution in [2.45, 2.75) is 4.90 Å². The molecule has 0 aliphatic heterocycles. The van der Waals surface area contributed by atoms with Gasteiger partial charge in [-0.15, -0.1) is 10.2 Å². The van der Waals surface area contributed by atoms with Gasteiger partial charge in [-0.25, -0.2) is 12.7 Å². The van der Waals surface area contributed by atoms with Gasteiger partial charge in [0.15, 0.2) is 0 Å². The van der Waals surface area contributed by atoms with Gasteiger partial charge >= 0.3 is 0 Å².